The number of ketones is 3. The van der Waals surface area contributed by atoms with E-state index in [4.69, 9.17) is 23.7 Å². The van der Waals surface area contributed by atoms with Crippen LogP contribution >= 0.6 is 11.8 Å². The monoisotopic (exact) mass is 1840 g/mol. The van der Waals surface area contributed by atoms with Gasteiger partial charge in [-0.3, -0.25) is 24.2 Å². The maximum Gasteiger partial charge on any atom is 0.410 e. The second-order valence-corrected chi connectivity index (χ2v) is 33.3. The van der Waals surface area contributed by atoms with E-state index >= 15 is 0 Å². The number of ether oxygens (including phenoxy) is 5. The molecular weight excluding hydrogens is 1740 g/mol. The van der Waals surface area contributed by atoms with Crippen LogP contribution in [-0.2, 0) is 24.3 Å². The number of benzene rings is 7. The van der Waals surface area contributed by atoms with Crippen LogP contribution in [0.2, 0.25) is 0 Å². The Bertz CT molecular complexity index is 6830. The Balaban J connectivity index is 0.000000159. The Labute approximate surface area is 763 Å². The minimum absolute atomic E-state index is 0.0749. The first-order chi connectivity index (χ1) is 62.9. The van der Waals surface area contributed by atoms with Crippen molar-refractivity contribution < 1.29 is 79.1 Å². The average Bonchev–Trinajstić information content (AvgIpc) is 1.47. The number of aliphatic imine (C=N–C) groups is 1. The number of esters is 1. The molecule has 0 fully saturated rings. The molecule has 132 heavy (non-hydrogen) atoms. The number of aromatic nitrogens is 9. The summed E-state index contributed by atoms with van der Waals surface area (Å²) >= 11 is 1.16. The number of hydrogen-bond acceptors (Lipinski definition) is 26. The fraction of sp³-hybridized carbons (Fsp3) is 0.258. The number of phenols is 2. The molecule has 5 N–H and O–H groups in total. The second-order valence-electron chi connectivity index (χ2n) is 30.4. The van der Waals surface area contributed by atoms with Gasteiger partial charge in [0.25, 0.3) is 5.56 Å². The SMILES string of the molecule is CCN(CC)S(=O)(=O)c1ccc(OC)c(Nc2cc(-c3ccccc3)nc(C)n2)c1.CN=Cc1ccc2c(N=Nc3cc(C)ccc3OC)ccc(O)c2n1.COC(=O)C1=C(C)C/C(=C/c2cc(C)n(-c3ccccc3F)c2C)C1=O.COc1ccc(C2CC(C(F)(F)F)n3ncc(C(C)=O)c3N2)cc1OC.Cc1cc(C)c2c(=O)[nH]c(SCC(=O)c3ccc(O)c(C)c3)nc2n1. The summed E-state index contributed by atoms with van der Waals surface area (Å²) in [7, 11) is 5.42. The van der Waals surface area contributed by atoms with Gasteiger partial charge < -0.3 is 54.1 Å². The molecular formula is C97H99F4N15O14S2. The van der Waals surface area contributed by atoms with Crippen LogP contribution in [0.25, 0.3) is 45.0 Å². The summed E-state index contributed by atoms with van der Waals surface area (Å²) in [6.07, 6.45) is 0.232. The molecule has 7 heterocycles. The van der Waals surface area contributed by atoms with Gasteiger partial charge in [0.05, 0.1) is 97.8 Å². The molecule has 0 saturated carbocycles. The van der Waals surface area contributed by atoms with Gasteiger partial charge in [-0.1, -0.05) is 85.8 Å². The number of H-pyrrole nitrogens is 1. The Morgan fingerprint density at radius 1 is 0.712 bits per heavy atom. The summed E-state index contributed by atoms with van der Waals surface area (Å²) < 4.78 is 111. The van der Waals surface area contributed by atoms with Crippen molar-refractivity contribution >= 4 is 108 Å². The predicted octanol–water partition coefficient (Wildman–Crippen LogP) is 19.7. The van der Waals surface area contributed by atoms with E-state index in [0.717, 1.165) is 61.5 Å². The number of methoxy groups -OCH3 is 5. The quantitative estimate of drug-likeness (QED) is 0.00457. The Morgan fingerprint density at radius 3 is 2.06 bits per heavy atom. The number of allylic oxidation sites excluding steroid dienone is 2. The second kappa shape index (κ2) is 43.2. The van der Waals surface area contributed by atoms with Crippen LogP contribution in [0.4, 0.5) is 46.3 Å². The van der Waals surface area contributed by atoms with E-state index < -0.39 is 34.3 Å². The number of aryl methyl sites for hydroxylation is 6. The van der Waals surface area contributed by atoms with Crippen LogP contribution in [-0.4, -0.2) is 164 Å². The number of hydrogen-bond donors (Lipinski definition) is 5. The summed E-state index contributed by atoms with van der Waals surface area (Å²) in [5, 5.41) is 39.8. The molecule has 13 aromatic rings. The number of Topliss-reactive ketones (excluding diaryl/α,β-unsaturated/α-hetero) is 3. The van der Waals surface area contributed by atoms with Crippen molar-refractivity contribution in [2.75, 3.05) is 72.1 Å². The third kappa shape index (κ3) is 23.0. The van der Waals surface area contributed by atoms with E-state index in [1.807, 2.05) is 139 Å². The van der Waals surface area contributed by atoms with Gasteiger partial charge in [-0.25, -0.2) is 47.2 Å². The number of carbonyl (C=O) groups excluding carboxylic acids is 4. The minimum atomic E-state index is -4.49. The molecule has 29 nitrogen and oxygen atoms in total. The van der Waals surface area contributed by atoms with Gasteiger partial charge >= 0.3 is 12.1 Å². The number of rotatable bonds is 23. The maximum absolute atomic E-state index is 14.2. The van der Waals surface area contributed by atoms with E-state index in [-0.39, 0.29) is 74.2 Å². The number of carbonyl (C=O) groups is 4. The topological polar surface area (TPSA) is 373 Å². The summed E-state index contributed by atoms with van der Waals surface area (Å²) in [5.41, 5.74) is 13.7. The lowest BCUT2D eigenvalue weighted by Crippen LogP contribution is -2.36. The normalized spacial score (nSPS) is 13.9. The zero-order chi connectivity index (χ0) is 95.7. The number of nitrogens with one attached hydrogen (secondary N) is 3. The van der Waals surface area contributed by atoms with Crippen molar-refractivity contribution in [1.29, 1.82) is 0 Å². The Morgan fingerprint density at radius 2 is 1.39 bits per heavy atom. The van der Waals surface area contributed by atoms with Crippen molar-refractivity contribution in [2.45, 2.75) is 117 Å². The molecule has 0 spiro atoms. The van der Waals surface area contributed by atoms with Gasteiger partial charge in [0.15, 0.2) is 45.7 Å². The number of pyridine rings is 2. The number of alkyl halides is 3. The van der Waals surface area contributed by atoms with Gasteiger partial charge in [-0.2, -0.15) is 22.6 Å². The lowest BCUT2D eigenvalue weighted by molar-refractivity contribution is -0.173. The number of anilines is 3. The highest BCUT2D eigenvalue weighted by Crippen LogP contribution is 2.46. The molecule has 686 valence electrons. The van der Waals surface area contributed by atoms with Crippen LogP contribution < -0.4 is 35.1 Å². The maximum atomic E-state index is 14.2. The first-order valence-corrected chi connectivity index (χ1v) is 43.8. The fourth-order valence-corrected chi connectivity index (χ4v) is 17.0. The van der Waals surface area contributed by atoms with Crippen molar-refractivity contribution in [1.82, 2.24) is 48.6 Å². The smallest absolute Gasteiger partial charge is 0.410 e. The van der Waals surface area contributed by atoms with E-state index in [0.29, 0.717) is 138 Å². The van der Waals surface area contributed by atoms with E-state index in [2.05, 4.69) is 60.9 Å². The zero-order valence-electron chi connectivity index (χ0n) is 75.6. The summed E-state index contributed by atoms with van der Waals surface area (Å²) in [5.74, 6) is 2.00. The number of para-hydroxylation sites is 1. The van der Waals surface area contributed by atoms with Crippen molar-refractivity contribution in [2.24, 2.45) is 15.2 Å². The molecule has 7 aromatic carbocycles. The number of phenolic OH excluding ortho intramolecular Hbond substituents is 2. The summed E-state index contributed by atoms with van der Waals surface area (Å²) in [6.45, 7) is 20.5. The standard InChI is InChI=1S/C22H26N4O3S.C21H20FNO3.C19H18N4O2.C18H17N3O3S.C17H18F3N3O3/c1-5-26(6-2)30(27,28)18-12-13-21(29-4)20(14-18)25-22-15-19(23-16(3)24-22)17-10-8-7-9-11-17;1-12-9-16(20(24)19(12)21(25)26-4)11-15-10-13(2)23(14(15)3)18-8-6-5-7-17(18)22;1-12-4-9-18(25-3)16(10-12)23-22-15-7-8-17(24)19-14(15)6-5-13(21-19)11-20-2;1-9-7-12(4-5-13(9)22)14(23)8-25-18-20-16-15(17(24)21-18)10(2)6-11(3)19-16;1-9(24)11-8-21-23-15(17(18,19)20)7-12(22-16(11)23)10-4-5-13(25-2)14(6-10)26-3/h7-15H,5-6H2,1-4H3,(H,23,24,25);5-8,10-11H,9H2,1-4H3;4-11,24H,1-3H3;4-7,22H,8H2,1-3H3,(H,19,20,21,24);4-6,8,12,15,22H,7H2,1-3H3/b;16-11-;;;. The van der Waals surface area contributed by atoms with Gasteiger partial charge in [-0.15, -0.1) is 10.2 Å². The molecule has 1 aliphatic heterocycles. The lowest BCUT2D eigenvalue weighted by atomic mass is 9.96. The fourth-order valence-electron chi connectivity index (χ4n) is 14.8. The number of azo groups is 1. The number of halogens is 4. The van der Waals surface area contributed by atoms with Gasteiger partial charge in [-0.05, 0) is 212 Å². The third-order valence-electron chi connectivity index (χ3n) is 21.3. The molecule has 2 unspecified atom stereocenters. The highest BCUT2D eigenvalue weighted by Gasteiger charge is 2.47. The average molecular weight is 1840 g/mol. The Kier molecular flexibility index (Phi) is 32.1. The molecule has 15 rings (SSSR count). The van der Waals surface area contributed by atoms with Crippen LogP contribution in [0.15, 0.2) is 223 Å². The van der Waals surface area contributed by atoms with Crippen molar-refractivity contribution in [3.63, 3.8) is 0 Å². The molecule has 0 radical (unpaired) electrons. The van der Waals surface area contributed by atoms with Crippen molar-refractivity contribution in [3.8, 4) is 51.4 Å². The molecule has 1 aliphatic carbocycles. The molecule has 6 aromatic heterocycles. The zero-order valence-corrected chi connectivity index (χ0v) is 77.2. The first-order valence-electron chi connectivity index (χ1n) is 41.4. The van der Waals surface area contributed by atoms with Gasteiger partial charge in [0.1, 0.15) is 63.1 Å². The molecule has 0 saturated heterocycles. The van der Waals surface area contributed by atoms with E-state index in [1.54, 1.807) is 126 Å². The third-order valence-corrected chi connectivity index (χ3v) is 24.3. The molecule has 2 aliphatic rings. The van der Waals surface area contributed by atoms with Crippen LogP contribution in [0.1, 0.15) is 130 Å². The largest absolute Gasteiger partial charge is 0.508 e. The first kappa shape index (κ1) is 98.0. The van der Waals surface area contributed by atoms with Gasteiger partial charge in [0.2, 0.25) is 10.0 Å². The number of sulfonamides is 1. The number of fused-ring (bicyclic) bond motifs is 3. The highest BCUT2D eigenvalue weighted by atomic mass is 32.2. The van der Waals surface area contributed by atoms with E-state index in [9.17, 15) is 60.2 Å². The van der Waals surface area contributed by atoms with Gasteiger partial charge in [0, 0.05) is 78.0 Å². The number of nitrogens with zero attached hydrogens (tertiary/aromatic N) is 12. The molecule has 0 bridgehead atoms. The summed E-state index contributed by atoms with van der Waals surface area (Å²) in [4.78, 5) is 89.5. The van der Waals surface area contributed by atoms with Crippen LogP contribution in [0.3, 0.4) is 0 Å². The molecule has 0 amide bonds. The predicted molar refractivity (Wildman–Crippen MR) is 500 cm³/mol. The Hall–Kier alpha value is -14.6. The van der Waals surface area contributed by atoms with Crippen LogP contribution in [0.5, 0.6) is 34.5 Å². The van der Waals surface area contributed by atoms with Crippen molar-refractivity contribution in [3.05, 3.63) is 276 Å². The minimum Gasteiger partial charge on any atom is -0.508 e. The lowest BCUT2D eigenvalue weighted by Gasteiger charge is -2.34. The number of aromatic amines is 1. The molecule has 2 atom stereocenters. The molecule has 35 heteroatoms. The number of thioether (sulfide) groups is 1. The van der Waals surface area contributed by atoms with Crippen LogP contribution in [0, 0.1) is 54.3 Å². The summed E-state index contributed by atoms with van der Waals surface area (Å²) in [6, 6.07) is 46.5. The van der Waals surface area contributed by atoms with E-state index in [1.165, 1.54) is 50.9 Å². The highest BCUT2D eigenvalue weighted by molar-refractivity contribution is 7.99. The number of aromatic hydroxyl groups is 2.